The normalized spacial score (nSPS) is 15.4. The van der Waals surface area contributed by atoms with Crippen LogP contribution in [0, 0.1) is 13.8 Å². The van der Waals surface area contributed by atoms with Gasteiger partial charge in [-0.05, 0) is 44.4 Å². The summed E-state index contributed by atoms with van der Waals surface area (Å²) in [5, 5.41) is 6.54. The summed E-state index contributed by atoms with van der Waals surface area (Å²) < 4.78 is 0. The molecule has 3 rings (SSSR count). The second kappa shape index (κ2) is 8.15. The number of aryl methyl sites for hydroxylation is 2. The predicted octanol–water partition coefficient (Wildman–Crippen LogP) is 5.09. The van der Waals surface area contributed by atoms with Crippen molar-refractivity contribution in [3.8, 4) is 0 Å². The van der Waals surface area contributed by atoms with Crippen LogP contribution in [0.3, 0.4) is 0 Å². The Labute approximate surface area is 150 Å². The SMILES string of the molecule is Cc1ccc(NC(=O)c2cncc(NC3CCCCCC3)c2)c(C)c1. The van der Waals surface area contributed by atoms with E-state index in [2.05, 4.69) is 21.7 Å². The summed E-state index contributed by atoms with van der Waals surface area (Å²) in [6, 6.07) is 8.41. The molecule has 0 saturated heterocycles. The topological polar surface area (TPSA) is 54.0 Å². The van der Waals surface area contributed by atoms with E-state index >= 15 is 0 Å². The molecule has 2 aromatic rings. The number of amides is 1. The molecule has 4 heteroatoms. The van der Waals surface area contributed by atoms with E-state index in [-0.39, 0.29) is 5.91 Å². The second-order valence-electron chi connectivity index (χ2n) is 7.07. The lowest BCUT2D eigenvalue weighted by Crippen LogP contribution is -2.19. The lowest BCUT2D eigenvalue weighted by Gasteiger charge is -2.18. The largest absolute Gasteiger partial charge is 0.381 e. The molecule has 1 heterocycles. The summed E-state index contributed by atoms with van der Waals surface area (Å²) in [6.07, 6.45) is 11.0. The van der Waals surface area contributed by atoms with Crippen LogP contribution in [0.4, 0.5) is 11.4 Å². The standard InChI is InChI=1S/C21H27N3O/c1-15-9-10-20(16(2)11-15)24-21(25)17-12-19(14-22-13-17)23-18-7-5-3-4-6-8-18/h9-14,18,23H,3-8H2,1-2H3,(H,24,25). The van der Waals surface area contributed by atoms with Gasteiger partial charge in [0.1, 0.15) is 0 Å². The average molecular weight is 337 g/mol. The number of benzene rings is 1. The average Bonchev–Trinajstić information content (AvgIpc) is 2.86. The van der Waals surface area contributed by atoms with Crippen molar-refractivity contribution in [1.82, 2.24) is 4.98 Å². The minimum atomic E-state index is -0.121. The Morgan fingerprint density at radius 2 is 1.80 bits per heavy atom. The van der Waals surface area contributed by atoms with E-state index in [1.807, 2.05) is 32.0 Å². The molecule has 132 valence electrons. The molecule has 1 fully saturated rings. The Bertz CT molecular complexity index is 734. The van der Waals surface area contributed by atoms with Gasteiger partial charge >= 0.3 is 0 Å². The van der Waals surface area contributed by atoms with Crippen LogP contribution < -0.4 is 10.6 Å². The molecule has 1 saturated carbocycles. The third-order valence-corrected chi connectivity index (χ3v) is 4.86. The molecule has 25 heavy (non-hydrogen) atoms. The van der Waals surface area contributed by atoms with Crippen molar-refractivity contribution in [3.05, 3.63) is 53.3 Å². The number of aromatic nitrogens is 1. The Morgan fingerprint density at radius 3 is 2.52 bits per heavy atom. The summed E-state index contributed by atoms with van der Waals surface area (Å²) in [7, 11) is 0. The zero-order valence-corrected chi connectivity index (χ0v) is 15.1. The molecular weight excluding hydrogens is 310 g/mol. The predicted molar refractivity (Wildman–Crippen MR) is 103 cm³/mol. The fraction of sp³-hybridized carbons (Fsp3) is 0.429. The van der Waals surface area contributed by atoms with Crippen molar-refractivity contribution in [3.63, 3.8) is 0 Å². The molecule has 1 amide bonds. The van der Waals surface area contributed by atoms with Crippen molar-refractivity contribution in [2.45, 2.75) is 58.4 Å². The first-order chi connectivity index (χ1) is 12.1. The lowest BCUT2D eigenvalue weighted by molar-refractivity contribution is 0.102. The summed E-state index contributed by atoms with van der Waals surface area (Å²) in [5.41, 5.74) is 4.61. The number of pyridine rings is 1. The first-order valence-corrected chi connectivity index (χ1v) is 9.22. The van der Waals surface area contributed by atoms with Crippen LogP contribution in [0.5, 0.6) is 0 Å². The highest BCUT2D eigenvalue weighted by Gasteiger charge is 2.14. The first kappa shape index (κ1) is 17.5. The summed E-state index contributed by atoms with van der Waals surface area (Å²) >= 11 is 0. The quantitative estimate of drug-likeness (QED) is 0.765. The molecule has 0 spiro atoms. The number of hydrogen-bond donors (Lipinski definition) is 2. The summed E-state index contributed by atoms with van der Waals surface area (Å²) in [5.74, 6) is -0.121. The molecule has 1 aromatic heterocycles. The zero-order chi connectivity index (χ0) is 17.6. The third kappa shape index (κ3) is 4.81. The number of nitrogens with zero attached hydrogens (tertiary/aromatic N) is 1. The van der Waals surface area contributed by atoms with E-state index in [1.54, 1.807) is 12.4 Å². The molecule has 0 atom stereocenters. The molecule has 0 radical (unpaired) electrons. The fourth-order valence-electron chi connectivity index (χ4n) is 3.45. The molecule has 1 aliphatic rings. The van der Waals surface area contributed by atoms with Gasteiger partial charge in [-0.3, -0.25) is 9.78 Å². The van der Waals surface area contributed by atoms with E-state index in [0.29, 0.717) is 11.6 Å². The van der Waals surface area contributed by atoms with Gasteiger partial charge in [0.2, 0.25) is 0 Å². The maximum atomic E-state index is 12.6. The smallest absolute Gasteiger partial charge is 0.257 e. The Hall–Kier alpha value is -2.36. The van der Waals surface area contributed by atoms with Crippen molar-refractivity contribution in [2.24, 2.45) is 0 Å². The van der Waals surface area contributed by atoms with Crippen molar-refractivity contribution in [2.75, 3.05) is 10.6 Å². The van der Waals surface area contributed by atoms with E-state index in [0.717, 1.165) is 16.9 Å². The third-order valence-electron chi connectivity index (χ3n) is 4.86. The summed E-state index contributed by atoms with van der Waals surface area (Å²) in [6.45, 7) is 4.05. The molecule has 0 aliphatic heterocycles. The minimum Gasteiger partial charge on any atom is -0.381 e. The molecule has 0 unspecified atom stereocenters. The van der Waals surface area contributed by atoms with E-state index in [1.165, 1.54) is 44.1 Å². The highest BCUT2D eigenvalue weighted by Crippen LogP contribution is 2.22. The van der Waals surface area contributed by atoms with Gasteiger partial charge in [0, 0.05) is 24.1 Å². The van der Waals surface area contributed by atoms with E-state index in [4.69, 9.17) is 0 Å². The highest BCUT2D eigenvalue weighted by atomic mass is 16.1. The van der Waals surface area contributed by atoms with Gasteiger partial charge in [-0.15, -0.1) is 0 Å². The van der Waals surface area contributed by atoms with Crippen LogP contribution in [0.2, 0.25) is 0 Å². The highest BCUT2D eigenvalue weighted by molar-refractivity contribution is 6.04. The van der Waals surface area contributed by atoms with Gasteiger partial charge in [-0.2, -0.15) is 0 Å². The van der Waals surface area contributed by atoms with Crippen LogP contribution >= 0.6 is 0 Å². The minimum absolute atomic E-state index is 0.121. The van der Waals surface area contributed by atoms with Crippen LogP contribution in [0.25, 0.3) is 0 Å². The van der Waals surface area contributed by atoms with Gasteiger partial charge < -0.3 is 10.6 Å². The zero-order valence-electron chi connectivity index (χ0n) is 15.1. The van der Waals surface area contributed by atoms with Gasteiger partial charge in [0.25, 0.3) is 5.91 Å². The van der Waals surface area contributed by atoms with E-state index < -0.39 is 0 Å². The van der Waals surface area contributed by atoms with Crippen LogP contribution in [0.1, 0.15) is 60.0 Å². The molecular formula is C21H27N3O. The first-order valence-electron chi connectivity index (χ1n) is 9.22. The monoisotopic (exact) mass is 337 g/mol. The Balaban J connectivity index is 1.68. The number of hydrogen-bond acceptors (Lipinski definition) is 3. The summed E-state index contributed by atoms with van der Waals surface area (Å²) in [4.78, 5) is 16.8. The van der Waals surface area contributed by atoms with Crippen molar-refractivity contribution in [1.29, 1.82) is 0 Å². The van der Waals surface area contributed by atoms with E-state index in [9.17, 15) is 4.79 Å². The number of carbonyl (C=O) groups excluding carboxylic acids is 1. The molecule has 1 aromatic carbocycles. The van der Waals surface area contributed by atoms with Crippen LogP contribution in [-0.2, 0) is 0 Å². The Morgan fingerprint density at radius 1 is 1.04 bits per heavy atom. The van der Waals surface area contributed by atoms with Gasteiger partial charge in [0.15, 0.2) is 0 Å². The van der Waals surface area contributed by atoms with Crippen LogP contribution in [-0.4, -0.2) is 16.9 Å². The van der Waals surface area contributed by atoms with Gasteiger partial charge in [0.05, 0.1) is 11.3 Å². The maximum Gasteiger partial charge on any atom is 0.257 e. The fourth-order valence-corrected chi connectivity index (χ4v) is 3.45. The maximum absolute atomic E-state index is 12.6. The number of carbonyl (C=O) groups is 1. The van der Waals surface area contributed by atoms with Crippen LogP contribution in [0.15, 0.2) is 36.7 Å². The van der Waals surface area contributed by atoms with Crippen molar-refractivity contribution < 1.29 is 4.79 Å². The Kier molecular flexibility index (Phi) is 5.69. The molecule has 0 bridgehead atoms. The van der Waals surface area contributed by atoms with Gasteiger partial charge in [-0.1, -0.05) is 43.4 Å². The second-order valence-corrected chi connectivity index (χ2v) is 7.07. The molecule has 4 nitrogen and oxygen atoms in total. The number of nitrogens with one attached hydrogen (secondary N) is 2. The molecule has 2 N–H and O–H groups in total. The van der Waals surface area contributed by atoms with Gasteiger partial charge in [-0.25, -0.2) is 0 Å². The van der Waals surface area contributed by atoms with Crippen molar-refractivity contribution >= 4 is 17.3 Å². The molecule has 1 aliphatic carbocycles. The number of anilines is 2. The lowest BCUT2D eigenvalue weighted by atomic mass is 10.1. The number of rotatable bonds is 4.